The summed E-state index contributed by atoms with van der Waals surface area (Å²) in [6, 6.07) is 17.8. The quantitative estimate of drug-likeness (QED) is 0.209. The third-order valence-corrected chi connectivity index (χ3v) is 6.94. The van der Waals surface area contributed by atoms with Gasteiger partial charge in [-0.1, -0.05) is 59.6 Å². The van der Waals surface area contributed by atoms with Crippen LogP contribution in [0.15, 0.2) is 79.5 Å². The highest BCUT2D eigenvalue weighted by molar-refractivity contribution is 9.10. The van der Waals surface area contributed by atoms with Crippen molar-refractivity contribution >= 4 is 72.2 Å². The molecule has 190 valence electrons. The van der Waals surface area contributed by atoms with Crippen molar-refractivity contribution in [3.05, 3.63) is 96.4 Å². The molecule has 1 heterocycles. The lowest BCUT2D eigenvalue weighted by atomic mass is 10.1. The summed E-state index contributed by atoms with van der Waals surface area (Å²) in [6.07, 6.45) is 2.26. The molecule has 0 bridgehead atoms. The fraction of sp³-hybridized carbons (Fsp3) is 0.185. The lowest BCUT2D eigenvalue weighted by molar-refractivity contribution is -0.118. The van der Waals surface area contributed by atoms with Crippen molar-refractivity contribution in [3.8, 4) is 5.75 Å². The molecule has 0 fully saturated rings. The van der Waals surface area contributed by atoms with E-state index in [1.54, 1.807) is 36.4 Å². The second-order valence-electron chi connectivity index (χ2n) is 8.31. The number of hydrogen-bond acceptors (Lipinski definition) is 5. The molecule has 10 heteroatoms. The summed E-state index contributed by atoms with van der Waals surface area (Å²) in [5, 5.41) is 8.16. The summed E-state index contributed by atoms with van der Waals surface area (Å²) in [5.74, 6) is 0.576. The van der Waals surface area contributed by atoms with Crippen molar-refractivity contribution < 1.29 is 9.53 Å². The van der Waals surface area contributed by atoms with Crippen molar-refractivity contribution in [2.45, 2.75) is 26.2 Å². The molecule has 4 aromatic rings. The van der Waals surface area contributed by atoms with E-state index in [0.29, 0.717) is 43.2 Å². The highest BCUT2D eigenvalue weighted by atomic mass is 79.9. The first-order valence-electron chi connectivity index (χ1n) is 11.5. The minimum Gasteiger partial charge on any atom is -0.482 e. The maximum absolute atomic E-state index is 13.4. The minimum atomic E-state index is -0.324. The molecule has 0 saturated carbocycles. The van der Waals surface area contributed by atoms with Crippen molar-refractivity contribution in [1.29, 1.82) is 0 Å². The smallest absolute Gasteiger partial charge is 0.282 e. The molecule has 37 heavy (non-hydrogen) atoms. The summed E-state index contributed by atoms with van der Waals surface area (Å²) in [4.78, 5) is 30.6. The van der Waals surface area contributed by atoms with E-state index in [9.17, 15) is 9.59 Å². The standard InChI is InChI=1S/C27H23Br2ClN4O3/c1-3-16(2)26-33-23-10-9-18(28)12-21(23)27(36)34(26)31-14-17-11-19(30)13-22(29)25(17)37-15-24(35)32-20-7-5-4-6-8-20/h4-14,16H,3,15H2,1-2H3,(H,32,35)/t16-/m0/s1. The Hall–Kier alpha value is -3.01. The number of ether oxygens (including phenoxy) is 1. The zero-order valence-electron chi connectivity index (χ0n) is 20.0. The van der Waals surface area contributed by atoms with Gasteiger partial charge in [0, 0.05) is 26.7 Å². The Kier molecular flexibility index (Phi) is 8.79. The van der Waals surface area contributed by atoms with Gasteiger partial charge < -0.3 is 10.1 Å². The summed E-state index contributed by atoms with van der Waals surface area (Å²) in [7, 11) is 0. The largest absolute Gasteiger partial charge is 0.482 e. The number of nitrogens with one attached hydrogen (secondary N) is 1. The molecule has 1 amide bonds. The van der Waals surface area contributed by atoms with E-state index in [1.807, 2.05) is 38.1 Å². The van der Waals surface area contributed by atoms with Crippen LogP contribution in [-0.4, -0.2) is 28.4 Å². The summed E-state index contributed by atoms with van der Waals surface area (Å²) in [5.41, 5.74) is 1.47. The number of benzene rings is 3. The average Bonchev–Trinajstić information content (AvgIpc) is 2.87. The molecule has 1 N–H and O–H groups in total. The summed E-state index contributed by atoms with van der Waals surface area (Å²) in [6.45, 7) is 3.78. The first kappa shape index (κ1) is 27.0. The number of fused-ring (bicyclic) bond motifs is 1. The van der Waals surface area contributed by atoms with Gasteiger partial charge in [-0.15, -0.1) is 0 Å². The highest BCUT2D eigenvalue weighted by Crippen LogP contribution is 2.32. The van der Waals surface area contributed by atoms with E-state index in [2.05, 4.69) is 42.3 Å². The van der Waals surface area contributed by atoms with E-state index in [1.165, 1.54) is 10.9 Å². The Balaban J connectivity index is 1.69. The van der Waals surface area contributed by atoms with Gasteiger partial charge in [-0.2, -0.15) is 9.78 Å². The van der Waals surface area contributed by atoms with Gasteiger partial charge in [0.2, 0.25) is 0 Å². The Labute approximate surface area is 235 Å². The maximum Gasteiger partial charge on any atom is 0.282 e. The zero-order valence-corrected chi connectivity index (χ0v) is 24.0. The first-order valence-corrected chi connectivity index (χ1v) is 13.5. The molecule has 0 aliphatic rings. The van der Waals surface area contributed by atoms with Gasteiger partial charge >= 0.3 is 0 Å². The Bertz CT molecular complexity index is 1540. The number of halogens is 3. The first-order chi connectivity index (χ1) is 17.8. The molecule has 0 aliphatic heterocycles. The lowest BCUT2D eigenvalue weighted by Gasteiger charge is -2.15. The van der Waals surface area contributed by atoms with E-state index in [-0.39, 0.29) is 24.0 Å². The van der Waals surface area contributed by atoms with Gasteiger partial charge in [0.1, 0.15) is 11.6 Å². The second kappa shape index (κ2) is 12.0. The van der Waals surface area contributed by atoms with Crippen LogP contribution in [0.3, 0.4) is 0 Å². The number of nitrogens with zero attached hydrogens (tertiary/aromatic N) is 3. The highest BCUT2D eigenvalue weighted by Gasteiger charge is 2.17. The number of carbonyl (C=O) groups excluding carboxylic acids is 1. The minimum absolute atomic E-state index is 0.0126. The van der Waals surface area contributed by atoms with Gasteiger partial charge in [-0.05, 0) is 64.8 Å². The van der Waals surface area contributed by atoms with Gasteiger partial charge in [-0.25, -0.2) is 4.98 Å². The predicted octanol–water partition coefficient (Wildman–Crippen LogP) is 6.99. The maximum atomic E-state index is 13.4. The molecule has 3 aromatic carbocycles. The molecule has 7 nitrogen and oxygen atoms in total. The van der Waals surface area contributed by atoms with Crippen LogP contribution in [0.4, 0.5) is 5.69 Å². The molecule has 0 unspecified atom stereocenters. The van der Waals surface area contributed by atoms with E-state index in [0.717, 1.165) is 10.9 Å². The van der Waals surface area contributed by atoms with Gasteiger partial charge in [0.25, 0.3) is 11.5 Å². The fourth-order valence-electron chi connectivity index (χ4n) is 3.58. The number of rotatable bonds is 8. The van der Waals surface area contributed by atoms with E-state index >= 15 is 0 Å². The normalized spacial score (nSPS) is 12.1. The molecule has 0 aliphatic carbocycles. The zero-order chi connectivity index (χ0) is 26.5. The van der Waals surface area contributed by atoms with E-state index < -0.39 is 0 Å². The van der Waals surface area contributed by atoms with Crippen molar-refractivity contribution in [3.63, 3.8) is 0 Å². The number of amides is 1. The fourth-order valence-corrected chi connectivity index (χ4v) is 4.89. The van der Waals surface area contributed by atoms with Crippen molar-refractivity contribution in [1.82, 2.24) is 9.66 Å². The molecular formula is C27H23Br2ClN4O3. The number of hydrogen-bond donors (Lipinski definition) is 1. The molecule has 0 radical (unpaired) electrons. The summed E-state index contributed by atoms with van der Waals surface area (Å²) >= 11 is 13.2. The molecule has 1 aromatic heterocycles. The van der Waals surface area contributed by atoms with Crippen LogP contribution >= 0.6 is 43.5 Å². The summed E-state index contributed by atoms with van der Waals surface area (Å²) < 4.78 is 8.47. The lowest BCUT2D eigenvalue weighted by Crippen LogP contribution is -2.24. The van der Waals surface area contributed by atoms with Crippen LogP contribution < -0.4 is 15.6 Å². The molecular weight excluding hydrogens is 624 g/mol. The van der Waals surface area contributed by atoms with Crippen LogP contribution in [0.2, 0.25) is 5.02 Å². The molecule has 0 spiro atoms. The van der Waals surface area contributed by atoms with Gasteiger partial charge in [0.15, 0.2) is 6.61 Å². The molecule has 4 rings (SSSR count). The Morgan fingerprint density at radius 3 is 2.68 bits per heavy atom. The van der Waals surface area contributed by atoms with Crippen LogP contribution in [0.1, 0.15) is 37.6 Å². The van der Waals surface area contributed by atoms with Gasteiger partial charge in [-0.3, -0.25) is 9.59 Å². The molecule has 1 atom stereocenters. The van der Waals surface area contributed by atoms with E-state index in [4.69, 9.17) is 21.3 Å². The van der Waals surface area contributed by atoms with Crippen LogP contribution in [0, 0.1) is 0 Å². The number of anilines is 1. The van der Waals surface area contributed by atoms with Crippen LogP contribution in [0.5, 0.6) is 5.75 Å². The molecule has 0 saturated heterocycles. The van der Waals surface area contributed by atoms with Crippen molar-refractivity contribution in [2.75, 3.05) is 11.9 Å². The van der Waals surface area contributed by atoms with Gasteiger partial charge in [0.05, 0.1) is 21.6 Å². The van der Waals surface area contributed by atoms with Crippen molar-refractivity contribution in [2.24, 2.45) is 5.10 Å². The SMILES string of the molecule is CC[C@H](C)c1nc2ccc(Br)cc2c(=O)n1N=Cc1cc(Cl)cc(Br)c1OCC(=O)Nc1ccccc1. The number of aromatic nitrogens is 2. The number of carbonyl (C=O) groups is 1. The van der Waals surface area contributed by atoms with Crippen LogP contribution in [0.25, 0.3) is 10.9 Å². The third-order valence-electron chi connectivity index (χ3n) is 5.64. The number of para-hydroxylation sites is 1. The average molecular weight is 647 g/mol. The third kappa shape index (κ3) is 6.47. The Morgan fingerprint density at radius 1 is 1.19 bits per heavy atom. The Morgan fingerprint density at radius 2 is 1.95 bits per heavy atom. The monoisotopic (exact) mass is 644 g/mol. The predicted molar refractivity (Wildman–Crippen MR) is 155 cm³/mol. The topological polar surface area (TPSA) is 85.6 Å². The van der Waals surface area contributed by atoms with Crippen LogP contribution in [-0.2, 0) is 4.79 Å². The second-order valence-corrected chi connectivity index (χ2v) is 10.5.